The van der Waals surface area contributed by atoms with Gasteiger partial charge in [-0.05, 0) is 12.1 Å². The fourth-order valence-corrected chi connectivity index (χ4v) is 2.39. The minimum absolute atomic E-state index is 0.0670. The van der Waals surface area contributed by atoms with E-state index in [0.717, 1.165) is 24.6 Å². The Morgan fingerprint density at radius 2 is 1.94 bits per heavy atom. The van der Waals surface area contributed by atoms with Crippen LogP contribution in [0.4, 0.5) is 14.7 Å². The van der Waals surface area contributed by atoms with Crippen LogP contribution in [0.1, 0.15) is 0 Å². The van der Waals surface area contributed by atoms with Crippen LogP contribution in [0, 0.1) is 11.6 Å². The second-order valence-corrected chi connectivity index (χ2v) is 5.57. The SMILES string of the molecule is CS(=O)(=O)c1c(F)ccc(-c2cnoc2N)c1F. The predicted octanol–water partition coefficient (Wildman–Crippen LogP) is 1.61. The molecule has 18 heavy (non-hydrogen) atoms. The summed E-state index contributed by atoms with van der Waals surface area (Å²) in [6.07, 6.45) is 1.84. The molecule has 1 heterocycles. The molecular weight excluding hydrogens is 266 g/mol. The highest BCUT2D eigenvalue weighted by Crippen LogP contribution is 2.32. The van der Waals surface area contributed by atoms with Crippen LogP contribution in [0.2, 0.25) is 0 Å². The summed E-state index contributed by atoms with van der Waals surface area (Å²) < 4.78 is 54.6. The molecule has 0 aliphatic heterocycles. The molecule has 8 heteroatoms. The normalized spacial score (nSPS) is 11.7. The zero-order chi connectivity index (χ0) is 13.5. The zero-order valence-corrected chi connectivity index (χ0v) is 9.96. The number of hydrogen-bond acceptors (Lipinski definition) is 5. The number of hydrogen-bond donors (Lipinski definition) is 1. The van der Waals surface area contributed by atoms with Crippen molar-refractivity contribution in [1.82, 2.24) is 5.16 Å². The van der Waals surface area contributed by atoms with Gasteiger partial charge in [-0.1, -0.05) is 5.16 Å². The van der Waals surface area contributed by atoms with Gasteiger partial charge in [-0.25, -0.2) is 17.2 Å². The van der Waals surface area contributed by atoms with E-state index in [0.29, 0.717) is 0 Å². The quantitative estimate of drug-likeness (QED) is 0.899. The predicted molar refractivity (Wildman–Crippen MR) is 59.4 cm³/mol. The van der Waals surface area contributed by atoms with Crippen LogP contribution >= 0.6 is 0 Å². The molecule has 0 amide bonds. The molecule has 96 valence electrons. The van der Waals surface area contributed by atoms with Crippen molar-refractivity contribution in [2.75, 3.05) is 12.0 Å². The highest BCUT2D eigenvalue weighted by atomic mass is 32.2. The van der Waals surface area contributed by atoms with E-state index in [1.807, 2.05) is 0 Å². The van der Waals surface area contributed by atoms with E-state index in [4.69, 9.17) is 5.73 Å². The third kappa shape index (κ3) is 1.94. The molecule has 5 nitrogen and oxygen atoms in total. The van der Waals surface area contributed by atoms with E-state index in [-0.39, 0.29) is 17.0 Å². The van der Waals surface area contributed by atoms with Gasteiger partial charge in [0.1, 0.15) is 10.7 Å². The van der Waals surface area contributed by atoms with Crippen LogP contribution in [0.5, 0.6) is 0 Å². The first-order chi connectivity index (χ1) is 8.32. The molecule has 2 rings (SSSR count). The van der Waals surface area contributed by atoms with Crippen molar-refractivity contribution in [3.63, 3.8) is 0 Å². The summed E-state index contributed by atoms with van der Waals surface area (Å²) >= 11 is 0. The van der Waals surface area contributed by atoms with E-state index in [2.05, 4.69) is 9.68 Å². The monoisotopic (exact) mass is 274 g/mol. The van der Waals surface area contributed by atoms with Crippen molar-refractivity contribution in [2.45, 2.75) is 4.90 Å². The van der Waals surface area contributed by atoms with Crippen molar-refractivity contribution in [3.05, 3.63) is 30.0 Å². The van der Waals surface area contributed by atoms with Crippen LogP contribution < -0.4 is 5.73 Å². The number of nitrogens with two attached hydrogens (primary N) is 1. The van der Waals surface area contributed by atoms with E-state index >= 15 is 0 Å². The Labute approximate surface area is 101 Å². The maximum Gasteiger partial charge on any atom is 0.230 e. The summed E-state index contributed by atoms with van der Waals surface area (Å²) in [4.78, 5) is -0.999. The van der Waals surface area contributed by atoms with Gasteiger partial charge >= 0.3 is 0 Å². The Morgan fingerprint density at radius 3 is 2.44 bits per heavy atom. The van der Waals surface area contributed by atoms with Crippen molar-refractivity contribution in [1.29, 1.82) is 0 Å². The fourth-order valence-electron chi connectivity index (χ4n) is 1.53. The largest absolute Gasteiger partial charge is 0.367 e. The zero-order valence-electron chi connectivity index (χ0n) is 9.15. The molecular formula is C10H8F2N2O3S. The molecule has 1 aromatic heterocycles. The van der Waals surface area contributed by atoms with Gasteiger partial charge in [0.25, 0.3) is 0 Å². The summed E-state index contributed by atoms with van der Waals surface area (Å²) in [5.74, 6) is -2.55. The number of nitrogen functional groups attached to an aromatic ring is 1. The lowest BCUT2D eigenvalue weighted by Gasteiger charge is -2.06. The highest BCUT2D eigenvalue weighted by Gasteiger charge is 2.24. The van der Waals surface area contributed by atoms with Crippen LogP contribution in [0.15, 0.2) is 27.7 Å². The lowest BCUT2D eigenvalue weighted by molar-refractivity contribution is 0.436. The van der Waals surface area contributed by atoms with E-state index in [1.165, 1.54) is 0 Å². The smallest absolute Gasteiger partial charge is 0.230 e. The molecule has 0 saturated carbocycles. The average Bonchev–Trinajstić information content (AvgIpc) is 2.62. The number of anilines is 1. The minimum Gasteiger partial charge on any atom is -0.367 e. The molecule has 0 saturated heterocycles. The van der Waals surface area contributed by atoms with Crippen molar-refractivity contribution in [3.8, 4) is 11.1 Å². The Kier molecular flexibility index (Phi) is 2.81. The Morgan fingerprint density at radius 1 is 1.28 bits per heavy atom. The first-order valence-corrected chi connectivity index (χ1v) is 6.60. The molecule has 0 aliphatic rings. The lowest BCUT2D eigenvalue weighted by Crippen LogP contribution is -2.06. The van der Waals surface area contributed by atoms with Crippen LogP contribution in [0.25, 0.3) is 11.1 Å². The fraction of sp³-hybridized carbons (Fsp3) is 0.100. The van der Waals surface area contributed by atoms with Crippen molar-refractivity contribution >= 4 is 15.7 Å². The molecule has 2 N–H and O–H groups in total. The summed E-state index contributed by atoms with van der Waals surface area (Å²) in [6, 6.07) is 1.92. The molecule has 0 bridgehead atoms. The van der Waals surface area contributed by atoms with Gasteiger partial charge in [0, 0.05) is 11.8 Å². The van der Waals surface area contributed by atoms with Crippen molar-refractivity contribution in [2.24, 2.45) is 0 Å². The molecule has 0 fully saturated rings. The Hall–Kier alpha value is -1.96. The van der Waals surface area contributed by atoms with E-state index < -0.39 is 26.4 Å². The first kappa shape index (κ1) is 12.5. The number of aromatic nitrogens is 1. The third-order valence-corrected chi connectivity index (χ3v) is 3.42. The molecule has 0 atom stereocenters. The summed E-state index contributed by atoms with van der Waals surface area (Å²) in [6.45, 7) is 0. The third-order valence-electron chi connectivity index (χ3n) is 2.31. The van der Waals surface area contributed by atoms with E-state index in [9.17, 15) is 17.2 Å². The number of nitrogens with zero attached hydrogens (tertiary/aromatic N) is 1. The molecule has 1 aromatic carbocycles. The van der Waals surface area contributed by atoms with Gasteiger partial charge in [-0.3, -0.25) is 0 Å². The summed E-state index contributed by atoms with van der Waals surface area (Å²) in [5.41, 5.74) is 5.28. The van der Waals surface area contributed by atoms with Gasteiger partial charge in [-0.2, -0.15) is 0 Å². The van der Waals surface area contributed by atoms with Gasteiger partial charge in [0.05, 0.1) is 11.8 Å². The van der Waals surface area contributed by atoms with Gasteiger partial charge in [0.2, 0.25) is 5.88 Å². The molecule has 2 aromatic rings. The Bertz CT molecular complexity index is 710. The number of sulfone groups is 1. The Balaban J connectivity index is 2.78. The van der Waals surface area contributed by atoms with Gasteiger partial charge in [-0.15, -0.1) is 0 Å². The summed E-state index contributed by atoms with van der Waals surface area (Å²) in [7, 11) is -4.03. The minimum atomic E-state index is -4.03. The van der Waals surface area contributed by atoms with Gasteiger partial charge < -0.3 is 10.3 Å². The second-order valence-electron chi connectivity index (χ2n) is 3.61. The van der Waals surface area contributed by atoms with Crippen LogP contribution in [0.3, 0.4) is 0 Å². The standard InChI is InChI=1S/C10H8F2N2O3S/c1-18(15,16)9-7(11)3-2-5(8(9)12)6-4-14-17-10(6)13/h2-4H,13H2,1H3. The average molecular weight is 274 g/mol. The first-order valence-electron chi connectivity index (χ1n) is 4.71. The van der Waals surface area contributed by atoms with Crippen molar-refractivity contribution < 1.29 is 21.7 Å². The second kappa shape index (κ2) is 4.05. The number of rotatable bonds is 2. The molecule has 0 radical (unpaired) electrons. The number of benzene rings is 1. The molecule has 0 aliphatic carbocycles. The van der Waals surface area contributed by atoms with Crippen LogP contribution in [-0.4, -0.2) is 19.8 Å². The molecule has 0 unspecified atom stereocenters. The topological polar surface area (TPSA) is 86.2 Å². The van der Waals surface area contributed by atoms with E-state index in [1.54, 1.807) is 0 Å². The lowest BCUT2D eigenvalue weighted by atomic mass is 10.1. The summed E-state index contributed by atoms with van der Waals surface area (Å²) in [5, 5.41) is 3.34. The maximum absolute atomic E-state index is 14.0. The molecule has 0 spiro atoms. The van der Waals surface area contributed by atoms with Crippen LogP contribution in [-0.2, 0) is 9.84 Å². The van der Waals surface area contributed by atoms with Gasteiger partial charge in [0.15, 0.2) is 15.7 Å². The highest BCUT2D eigenvalue weighted by molar-refractivity contribution is 7.90. The number of halogens is 2. The maximum atomic E-state index is 14.0.